The molecule has 1 atom stereocenters. The van der Waals surface area contributed by atoms with Crippen LogP contribution >= 0.6 is 0 Å². The summed E-state index contributed by atoms with van der Waals surface area (Å²) in [6.45, 7) is 3.38. The predicted octanol–water partition coefficient (Wildman–Crippen LogP) is 3.12. The molecule has 1 fully saturated rings. The first-order valence-corrected chi connectivity index (χ1v) is 9.76. The second-order valence-electron chi connectivity index (χ2n) is 7.05. The molecule has 3 rings (SSSR count). The molecule has 1 amide bonds. The van der Waals surface area contributed by atoms with Gasteiger partial charge in [-0.05, 0) is 54.7 Å². The van der Waals surface area contributed by atoms with Crippen molar-refractivity contribution in [1.82, 2.24) is 10.6 Å². The number of hydrogen-bond donors (Lipinski definition) is 3. The van der Waals surface area contributed by atoms with Crippen LogP contribution in [0.25, 0.3) is 0 Å². The molecule has 7 heteroatoms. The molecule has 6 nitrogen and oxygen atoms in total. The summed E-state index contributed by atoms with van der Waals surface area (Å²) < 4.78 is 19.1. The Kier molecular flexibility index (Phi) is 7.19. The van der Waals surface area contributed by atoms with Crippen molar-refractivity contribution in [2.24, 2.45) is 4.99 Å². The second kappa shape index (κ2) is 10.0. The third-order valence-corrected chi connectivity index (χ3v) is 4.80. The maximum atomic E-state index is 13.7. The highest BCUT2D eigenvalue weighted by molar-refractivity contribution is 5.94. The van der Waals surface area contributed by atoms with E-state index >= 15 is 0 Å². The SMILES string of the molecule is CN=C(NCc1cccc(NC(=O)C2CCCO2)c1)NCc1ccc(C)c(F)c1. The van der Waals surface area contributed by atoms with Crippen molar-refractivity contribution in [2.45, 2.75) is 39.0 Å². The van der Waals surface area contributed by atoms with Gasteiger partial charge < -0.3 is 20.7 Å². The molecular weight excluding hydrogens is 371 g/mol. The third kappa shape index (κ3) is 6.02. The van der Waals surface area contributed by atoms with E-state index in [2.05, 4.69) is 20.9 Å². The van der Waals surface area contributed by atoms with Gasteiger partial charge in [-0.2, -0.15) is 0 Å². The Morgan fingerprint density at radius 1 is 1.17 bits per heavy atom. The van der Waals surface area contributed by atoms with Gasteiger partial charge in [-0.1, -0.05) is 24.3 Å². The molecule has 3 N–H and O–H groups in total. The van der Waals surface area contributed by atoms with E-state index in [1.807, 2.05) is 30.3 Å². The number of guanidine groups is 1. The number of carbonyl (C=O) groups is 1. The Bertz CT molecular complexity index is 879. The minimum Gasteiger partial charge on any atom is -0.368 e. The molecule has 0 saturated carbocycles. The highest BCUT2D eigenvalue weighted by Gasteiger charge is 2.23. The molecule has 0 radical (unpaired) electrons. The quantitative estimate of drug-likeness (QED) is 0.516. The molecule has 2 aromatic rings. The first-order chi connectivity index (χ1) is 14.0. The number of aryl methyl sites for hydroxylation is 1. The van der Waals surface area contributed by atoms with Crippen LogP contribution in [0.15, 0.2) is 47.5 Å². The smallest absolute Gasteiger partial charge is 0.253 e. The van der Waals surface area contributed by atoms with Gasteiger partial charge in [0.1, 0.15) is 11.9 Å². The van der Waals surface area contributed by atoms with Gasteiger partial charge in [0.05, 0.1) is 0 Å². The number of rotatable bonds is 6. The maximum absolute atomic E-state index is 13.7. The Morgan fingerprint density at radius 3 is 2.59 bits per heavy atom. The van der Waals surface area contributed by atoms with Crippen LogP contribution in [-0.2, 0) is 22.6 Å². The summed E-state index contributed by atoms with van der Waals surface area (Å²) >= 11 is 0. The van der Waals surface area contributed by atoms with Crippen LogP contribution in [0, 0.1) is 12.7 Å². The third-order valence-electron chi connectivity index (χ3n) is 4.80. The van der Waals surface area contributed by atoms with Crippen molar-refractivity contribution in [1.29, 1.82) is 0 Å². The van der Waals surface area contributed by atoms with E-state index in [9.17, 15) is 9.18 Å². The Labute approximate surface area is 170 Å². The molecule has 1 aliphatic rings. The summed E-state index contributed by atoms with van der Waals surface area (Å²) in [5.74, 6) is 0.296. The van der Waals surface area contributed by atoms with Crippen LogP contribution in [-0.4, -0.2) is 31.6 Å². The highest BCUT2D eigenvalue weighted by atomic mass is 19.1. The molecule has 154 valence electrons. The van der Waals surface area contributed by atoms with Gasteiger partial charge in [0.25, 0.3) is 5.91 Å². The minimum absolute atomic E-state index is 0.101. The van der Waals surface area contributed by atoms with Crippen molar-refractivity contribution in [3.05, 3.63) is 65.0 Å². The number of hydrogen-bond acceptors (Lipinski definition) is 3. The van der Waals surface area contributed by atoms with E-state index in [4.69, 9.17) is 4.74 Å². The van der Waals surface area contributed by atoms with E-state index in [0.717, 1.165) is 29.7 Å². The van der Waals surface area contributed by atoms with Crippen molar-refractivity contribution in [3.63, 3.8) is 0 Å². The molecule has 0 bridgehead atoms. The van der Waals surface area contributed by atoms with Gasteiger partial charge in [-0.3, -0.25) is 9.79 Å². The molecule has 29 heavy (non-hydrogen) atoms. The van der Waals surface area contributed by atoms with Crippen LogP contribution in [0.2, 0.25) is 0 Å². The number of halogens is 1. The molecule has 0 aromatic heterocycles. The molecular formula is C22H27FN4O2. The van der Waals surface area contributed by atoms with Gasteiger partial charge in [0.15, 0.2) is 5.96 Å². The van der Waals surface area contributed by atoms with E-state index in [1.54, 1.807) is 20.0 Å². The average Bonchev–Trinajstić information content (AvgIpc) is 3.26. The van der Waals surface area contributed by atoms with Gasteiger partial charge >= 0.3 is 0 Å². The minimum atomic E-state index is -0.355. The topological polar surface area (TPSA) is 74.8 Å². The lowest BCUT2D eigenvalue weighted by atomic mass is 10.1. The average molecular weight is 398 g/mol. The van der Waals surface area contributed by atoms with Crippen molar-refractivity contribution in [2.75, 3.05) is 19.0 Å². The van der Waals surface area contributed by atoms with Gasteiger partial charge in [0.2, 0.25) is 0 Å². The molecule has 0 spiro atoms. The number of benzene rings is 2. The normalized spacial score (nSPS) is 16.5. The fraction of sp³-hybridized carbons (Fsp3) is 0.364. The lowest BCUT2D eigenvalue weighted by Crippen LogP contribution is -2.36. The number of carbonyl (C=O) groups excluding carboxylic acids is 1. The van der Waals surface area contributed by atoms with Crippen molar-refractivity contribution in [3.8, 4) is 0 Å². The molecule has 1 heterocycles. The zero-order chi connectivity index (χ0) is 20.6. The first kappa shape index (κ1) is 20.8. The lowest BCUT2D eigenvalue weighted by Gasteiger charge is -2.14. The second-order valence-corrected chi connectivity index (χ2v) is 7.05. The first-order valence-electron chi connectivity index (χ1n) is 9.76. The van der Waals surface area contributed by atoms with Gasteiger partial charge in [-0.25, -0.2) is 4.39 Å². The number of anilines is 1. The molecule has 2 aromatic carbocycles. The Morgan fingerprint density at radius 2 is 1.93 bits per heavy atom. The van der Waals surface area contributed by atoms with Crippen molar-refractivity contribution >= 4 is 17.6 Å². The fourth-order valence-electron chi connectivity index (χ4n) is 3.10. The summed E-state index contributed by atoms with van der Waals surface area (Å²) in [7, 11) is 1.68. The Balaban J connectivity index is 1.51. The molecule has 1 aliphatic heterocycles. The van der Waals surface area contributed by atoms with Crippen LogP contribution in [0.1, 0.15) is 29.5 Å². The van der Waals surface area contributed by atoms with Crippen molar-refractivity contribution < 1.29 is 13.9 Å². The summed E-state index contributed by atoms with van der Waals surface area (Å²) in [5, 5.41) is 9.31. The van der Waals surface area contributed by atoms with E-state index in [1.165, 1.54) is 6.07 Å². The number of aliphatic imine (C=N–C) groups is 1. The fourth-order valence-corrected chi connectivity index (χ4v) is 3.10. The van der Waals surface area contributed by atoms with E-state index in [-0.39, 0.29) is 17.8 Å². The molecule has 1 saturated heterocycles. The van der Waals surface area contributed by atoms with E-state index in [0.29, 0.717) is 31.2 Å². The lowest BCUT2D eigenvalue weighted by molar-refractivity contribution is -0.124. The largest absolute Gasteiger partial charge is 0.368 e. The zero-order valence-electron chi connectivity index (χ0n) is 16.8. The van der Waals surface area contributed by atoms with Crippen LogP contribution in [0.5, 0.6) is 0 Å². The predicted molar refractivity (Wildman–Crippen MR) is 112 cm³/mol. The van der Waals surface area contributed by atoms with Crippen LogP contribution < -0.4 is 16.0 Å². The molecule has 0 aliphatic carbocycles. The number of nitrogens with one attached hydrogen (secondary N) is 3. The standard InChI is InChI=1S/C22H27FN4O2/c1-15-8-9-17(12-19(15)23)14-26-22(24-2)25-13-16-5-3-6-18(11-16)27-21(28)20-7-4-10-29-20/h3,5-6,8-9,11-12,20H,4,7,10,13-14H2,1-2H3,(H,27,28)(H2,24,25,26). The summed E-state index contributed by atoms with van der Waals surface area (Å²) in [4.78, 5) is 16.4. The van der Waals surface area contributed by atoms with Gasteiger partial charge in [-0.15, -0.1) is 0 Å². The summed E-state index contributed by atoms with van der Waals surface area (Å²) in [5.41, 5.74) is 3.21. The van der Waals surface area contributed by atoms with Gasteiger partial charge in [0, 0.05) is 32.4 Å². The number of ether oxygens (including phenoxy) is 1. The highest BCUT2D eigenvalue weighted by Crippen LogP contribution is 2.16. The number of nitrogens with zero attached hydrogens (tertiary/aromatic N) is 1. The summed E-state index contributed by atoms with van der Waals surface area (Å²) in [6, 6.07) is 12.8. The summed E-state index contributed by atoms with van der Waals surface area (Å²) in [6.07, 6.45) is 1.33. The zero-order valence-corrected chi connectivity index (χ0v) is 16.8. The maximum Gasteiger partial charge on any atom is 0.253 e. The Hall–Kier alpha value is -2.93. The van der Waals surface area contributed by atoms with Crippen LogP contribution in [0.4, 0.5) is 10.1 Å². The monoisotopic (exact) mass is 398 g/mol. The van der Waals surface area contributed by atoms with Crippen LogP contribution in [0.3, 0.4) is 0 Å². The van der Waals surface area contributed by atoms with E-state index < -0.39 is 0 Å². The number of amides is 1. The molecule has 1 unspecified atom stereocenters.